The molecular formula is C12H21NO. The fourth-order valence-corrected chi connectivity index (χ4v) is 3.74. The van der Waals surface area contributed by atoms with E-state index in [0.717, 1.165) is 25.7 Å². The molecule has 0 aromatic carbocycles. The molecule has 14 heavy (non-hydrogen) atoms. The standard InChI is InChI=1S/C12H21NO/c1-8-7-9(13)11(2)6-4-5-10(14)12(8,11)3/h8-9H,4-7,13H2,1-3H3/t8?,9?,11-,12?/m1/s1. The second kappa shape index (κ2) is 2.82. The smallest absolute Gasteiger partial charge is 0.139 e. The first-order chi connectivity index (χ1) is 6.43. The molecule has 2 aliphatic carbocycles. The fraction of sp³-hybridized carbons (Fsp3) is 0.917. The zero-order valence-corrected chi connectivity index (χ0v) is 9.47. The molecule has 80 valence electrons. The van der Waals surface area contributed by atoms with Gasteiger partial charge >= 0.3 is 0 Å². The summed E-state index contributed by atoms with van der Waals surface area (Å²) in [6.45, 7) is 6.55. The predicted molar refractivity (Wildman–Crippen MR) is 56.8 cm³/mol. The van der Waals surface area contributed by atoms with Crippen LogP contribution in [0.15, 0.2) is 0 Å². The van der Waals surface area contributed by atoms with Crippen LogP contribution in [0.4, 0.5) is 0 Å². The van der Waals surface area contributed by atoms with Gasteiger partial charge in [-0.25, -0.2) is 0 Å². The van der Waals surface area contributed by atoms with E-state index in [1.165, 1.54) is 0 Å². The van der Waals surface area contributed by atoms with E-state index < -0.39 is 0 Å². The summed E-state index contributed by atoms with van der Waals surface area (Å²) in [6, 6.07) is 0.215. The van der Waals surface area contributed by atoms with Crippen molar-refractivity contribution >= 4 is 5.78 Å². The molecule has 2 aliphatic rings. The molecule has 3 unspecified atom stereocenters. The summed E-state index contributed by atoms with van der Waals surface area (Å²) >= 11 is 0. The van der Waals surface area contributed by atoms with Crippen molar-refractivity contribution in [2.45, 2.75) is 52.5 Å². The van der Waals surface area contributed by atoms with Gasteiger partial charge in [-0.3, -0.25) is 4.79 Å². The van der Waals surface area contributed by atoms with Crippen LogP contribution in [0.1, 0.15) is 46.5 Å². The molecule has 4 atom stereocenters. The maximum absolute atomic E-state index is 12.1. The summed E-state index contributed by atoms with van der Waals surface area (Å²) in [7, 11) is 0. The molecule has 2 heteroatoms. The lowest BCUT2D eigenvalue weighted by molar-refractivity contribution is -0.140. The highest BCUT2D eigenvalue weighted by Gasteiger charge is 2.61. The predicted octanol–water partition coefficient (Wildman–Crippen LogP) is 2.12. The third-order valence-corrected chi connectivity index (χ3v) is 5.28. The number of Topliss-reactive ketones (excluding diaryl/α,β-unsaturated/α-hetero) is 1. The molecule has 0 aliphatic heterocycles. The molecule has 0 saturated heterocycles. The minimum atomic E-state index is -0.148. The summed E-state index contributed by atoms with van der Waals surface area (Å²) in [5.74, 6) is 0.905. The second-order valence-electron chi connectivity index (χ2n) is 5.64. The van der Waals surface area contributed by atoms with Gasteiger partial charge in [-0.05, 0) is 30.6 Å². The summed E-state index contributed by atoms with van der Waals surface area (Å²) in [5.41, 5.74) is 6.12. The van der Waals surface area contributed by atoms with Gasteiger partial charge in [0.1, 0.15) is 5.78 Å². The summed E-state index contributed by atoms with van der Waals surface area (Å²) in [6.07, 6.45) is 3.94. The number of ketones is 1. The minimum Gasteiger partial charge on any atom is -0.327 e. The topological polar surface area (TPSA) is 43.1 Å². The molecule has 0 aromatic heterocycles. The van der Waals surface area contributed by atoms with Crippen LogP contribution < -0.4 is 5.73 Å². The molecule has 2 saturated carbocycles. The van der Waals surface area contributed by atoms with Gasteiger partial charge in [0.2, 0.25) is 0 Å². The molecule has 0 heterocycles. The van der Waals surface area contributed by atoms with Crippen LogP contribution in [0.3, 0.4) is 0 Å². The molecule has 2 fully saturated rings. The number of hydrogen-bond acceptors (Lipinski definition) is 2. The van der Waals surface area contributed by atoms with Crippen molar-refractivity contribution in [3.8, 4) is 0 Å². The zero-order chi connectivity index (χ0) is 10.6. The highest BCUT2D eigenvalue weighted by atomic mass is 16.1. The van der Waals surface area contributed by atoms with Crippen LogP contribution >= 0.6 is 0 Å². The Morgan fingerprint density at radius 1 is 1.43 bits per heavy atom. The third-order valence-electron chi connectivity index (χ3n) is 5.28. The molecule has 0 amide bonds. The maximum Gasteiger partial charge on any atom is 0.139 e. The van der Waals surface area contributed by atoms with Crippen molar-refractivity contribution in [1.29, 1.82) is 0 Å². The average molecular weight is 195 g/mol. The molecule has 0 spiro atoms. The lowest BCUT2D eigenvalue weighted by Crippen LogP contribution is -2.51. The van der Waals surface area contributed by atoms with Crippen molar-refractivity contribution in [1.82, 2.24) is 0 Å². The number of carbonyl (C=O) groups excluding carboxylic acids is 1. The monoisotopic (exact) mass is 195 g/mol. The van der Waals surface area contributed by atoms with E-state index in [1.54, 1.807) is 0 Å². The highest BCUT2D eigenvalue weighted by Crippen LogP contribution is 2.60. The van der Waals surface area contributed by atoms with E-state index >= 15 is 0 Å². The lowest BCUT2D eigenvalue weighted by atomic mass is 9.56. The summed E-state index contributed by atoms with van der Waals surface area (Å²) < 4.78 is 0. The van der Waals surface area contributed by atoms with E-state index in [9.17, 15) is 4.79 Å². The average Bonchev–Trinajstić information content (AvgIpc) is 2.29. The van der Waals surface area contributed by atoms with Gasteiger partial charge in [0.25, 0.3) is 0 Å². The van der Waals surface area contributed by atoms with Crippen LogP contribution in [-0.2, 0) is 4.79 Å². The number of rotatable bonds is 0. The summed E-state index contributed by atoms with van der Waals surface area (Å²) in [5, 5.41) is 0. The number of carbonyl (C=O) groups is 1. The van der Waals surface area contributed by atoms with Crippen LogP contribution in [-0.4, -0.2) is 11.8 Å². The fourth-order valence-electron chi connectivity index (χ4n) is 3.74. The maximum atomic E-state index is 12.1. The van der Waals surface area contributed by atoms with E-state index in [4.69, 9.17) is 5.73 Å². The van der Waals surface area contributed by atoms with Gasteiger partial charge in [0.15, 0.2) is 0 Å². The first-order valence-electron chi connectivity index (χ1n) is 5.72. The molecular weight excluding hydrogens is 174 g/mol. The molecule has 2 N–H and O–H groups in total. The number of nitrogens with two attached hydrogens (primary N) is 1. The summed E-state index contributed by atoms with van der Waals surface area (Å²) in [4.78, 5) is 12.1. The van der Waals surface area contributed by atoms with E-state index in [2.05, 4.69) is 20.8 Å². The second-order valence-corrected chi connectivity index (χ2v) is 5.64. The Kier molecular flexibility index (Phi) is 2.04. The first-order valence-corrected chi connectivity index (χ1v) is 5.72. The van der Waals surface area contributed by atoms with Crippen molar-refractivity contribution in [3.05, 3.63) is 0 Å². The van der Waals surface area contributed by atoms with E-state index in [0.29, 0.717) is 11.7 Å². The normalized spacial score (nSPS) is 53.3. The van der Waals surface area contributed by atoms with Crippen LogP contribution in [0.5, 0.6) is 0 Å². The van der Waals surface area contributed by atoms with E-state index in [1.807, 2.05) is 0 Å². The SMILES string of the molecule is CC1CC(N)[C@@]2(C)CCCC(=O)C12C. The Morgan fingerprint density at radius 3 is 2.64 bits per heavy atom. The van der Waals surface area contributed by atoms with Crippen LogP contribution in [0.25, 0.3) is 0 Å². The van der Waals surface area contributed by atoms with Gasteiger partial charge in [-0.15, -0.1) is 0 Å². The van der Waals surface area contributed by atoms with Gasteiger partial charge < -0.3 is 5.73 Å². The Bertz CT molecular complexity index is 275. The van der Waals surface area contributed by atoms with Crippen molar-refractivity contribution < 1.29 is 4.79 Å². The molecule has 2 rings (SSSR count). The Hall–Kier alpha value is -0.370. The first kappa shape index (κ1) is 10.2. The molecule has 0 radical (unpaired) electrons. The van der Waals surface area contributed by atoms with Crippen molar-refractivity contribution in [2.24, 2.45) is 22.5 Å². The van der Waals surface area contributed by atoms with Crippen LogP contribution in [0, 0.1) is 16.7 Å². The zero-order valence-electron chi connectivity index (χ0n) is 9.47. The van der Waals surface area contributed by atoms with Gasteiger partial charge in [0.05, 0.1) is 0 Å². The Balaban J connectivity index is 2.46. The minimum absolute atomic E-state index is 0.0573. The molecule has 0 bridgehead atoms. The van der Waals surface area contributed by atoms with Crippen molar-refractivity contribution in [3.63, 3.8) is 0 Å². The van der Waals surface area contributed by atoms with Crippen LogP contribution in [0.2, 0.25) is 0 Å². The lowest BCUT2D eigenvalue weighted by Gasteiger charge is -2.47. The van der Waals surface area contributed by atoms with E-state index in [-0.39, 0.29) is 16.9 Å². The van der Waals surface area contributed by atoms with Gasteiger partial charge in [-0.1, -0.05) is 20.8 Å². The largest absolute Gasteiger partial charge is 0.327 e. The quantitative estimate of drug-likeness (QED) is 0.643. The Morgan fingerprint density at radius 2 is 2.07 bits per heavy atom. The third kappa shape index (κ3) is 0.928. The van der Waals surface area contributed by atoms with Gasteiger partial charge in [-0.2, -0.15) is 0 Å². The van der Waals surface area contributed by atoms with Crippen molar-refractivity contribution in [2.75, 3.05) is 0 Å². The number of fused-ring (bicyclic) bond motifs is 1. The number of hydrogen-bond donors (Lipinski definition) is 1. The molecule has 0 aromatic rings. The molecule has 2 nitrogen and oxygen atoms in total. The Labute approximate surface area is 86.2 Å². The van der Waals surface area contributed by atoms with Gasteiger partial charge in [0, 0.05) is 17.9 Å². The highest BCUT2D eigenvalue weighted by molar-refractivity contribution is 5.87.